The van der Waals surface area contributed by atoms with Crippen molar-refractivity contribution in [1.29, 1.82) is 0 Å². The number of Topliss-reactive ketones (excluding diaryl/α,β-unsaturated/α-hetero) is 1. The molecule has 0 spiro atoms. The van der Waals surface area contributed by atoms with E-state index >= 15 is 0 Å². The fourth-order valence-corrected chi connectivity index (χ4v) is 2.02. The van der Waals surface area contributed by atoms with Gasteiger partial charge in [-0.05, 0) is 43.4 Å². The lowest BCUT2D eigenvalue weighted by atomic mass is 10.0. The summed E-state index contributed by atoms with van der Waals surface area (Å²) in [5.74, 6) is 0.158. The molecule has 0 amide bonds. The van der Waals surface area contributed by atoms with Crippen LogP contribution in [0.4, 0.5) is 4.39 Å². The molecule has 1 aliphatic rings. The van der Waals surface area contributed by atoms with Crippen molar-refractivity contribution >= 4 is 5.78 Å². The Bertz CT molecular complexity index is 399. The largest absolute Gasteiger partial charge is 0.370 e. The third-order valence-electron chi connectivity index (χ3n) is 2.98. The first-order chi connectivity index (χ1) is 8.20. The first-order valence-corrected chi connectivity index (χ1v) is 6.09. The molecule has 2 rings (SSSR count). The van der Waals surface area contributed by atoms with E-state index in [4.69, 9.17) is 4.74 Å². The Morgan fingerprint density at radius 2 is 2.29 bits per heavy atom. The number of hydrogen-bond donors (Lipinski definition) is 0. The molecule has 1 aromatic rings. The average Bonchev–Trinajstić information content (AvgIpc) is 3.09. The first-order valence-electron chi connectivity index (χ1n) is 6.09. The lowest BCUT2D eigenvalue weighted by Crippen LogP contribution is -2.28. The second-order valence-corrected chi connectivity index (χ2v) is 4.49. The Kier molecular flexibility index (Phi) is 3.89. The summed E-state index contributed by atoms with van der Waals surface area (Å²) in [6.45, 7) is 2.45. The fourth-order valence-electron chi connectivity index (χ4n) is 2.02. The van der Waals surface area contributed by atoms with Crippen LogP contribution in [0.5, 0.6) is 0 Å². The second kappa shape index (κ2) is 5.41. The molecule has 0 heterocycles. The molecule has 17 heavy (non-hydrogen) atoms. The Balaban J connectivity index is 1.99. The predicted molar refractivity (Wildman–Crippen MR) is 63.2 cm³/mol. The monoisotopic (exact) mass is 236 g/mol. The van der Waals surface area contributed by atoms with Gasteiger partial charge in [0.15, 0.2) is 5.78 Å². The van der Waals surface area contributed by atoms with Gasteiger partial charge in [0.25, 0.3) is 0 Å². The van der Waals surface area contributed by atoms with E-state index in [0.717, 1.165) is 18.4 Å². The molecule has 3 heteroatoms. The van der Waals surface area contributed by atoms with Crippen molar-refractivity contribution in [2.75, 3.05) is 6.61 Å². The highest BCUT2D eigenvalue weighted by atomic mass is 19.1. The van der Waals surface area contributed by atoms with Gasteiger partial charge in [0.1, 0.15) is 11.9 Å². The summed E-state index contributed by atoms with van der Waals surface area (Å²) in [7, 11) is 0. The lowest BCUT2D eigenvalue weighted by molar-refractivity contribution is -0.130. The van der Waals surface area contributed by atoms with Crippen molar-refractivity contribution in [3.63, 3.8) is 0 Å². The highest BCUT2D eigenvalue weighted by Crippen LogP contribution is 2.35. The Morgan fingerprint density at radius 1 is 1.53 bits per heavy atom. The van der Waals surface area contributed by atoms with E-state index in [1.165, 1.54) is 12.1 Å². The van der Waals surface area contributed by atoms with Gasteiger partial charge in [-0.1, -0.05) is 12.1 Å². The Labute approximate surface area is 101 Å². The van der Waals surface area contributed by atoms with Crippen LogP contribution < -0.4 is 0 Å². The number of benzene rings is 1. The first kappa shape index (κ1) is 12.2. The molecule has 0 aliphatic heterocycles. The van der Waals surface area contributed by atoms with E-state index in [2.05, 4.69) is 0 Å². The van der Waals surface area contributed by atoms with Gasteiger partial charge in [-0.25, -0.2) is 4.39 Å². The average molecular weight is 236 g/mol. The van der Waals surface area contributed by atoms with E-state index in [0.29, 0.717) is 12.5 Å². The number of carbonyl (C=O) groups is 1. The second-order valence-electron chi connectivity index (χ2n) is 4.49. The molecule has 0 radical (unpaired) electrons. The van der Waals surface area contributed by atoms with Gasteiger partial charge in [-0.2, -0.15) is 0 Å². The summed E-state index contributed by atoms with van der Waals surface area (Å²) in [6, 6.07) is 6.20. The van der Waals surface area contributed by atoms with Crippen LogP contribution in [-0.4, -0.2) is 18.5 Å². The number of rotatable bonds is 6. The molecule has 0 N–H and O–H groups in total. The minimum atomic E-state index is -0.297. The third kappa shape index (κ3) is 3.37. The zero-order chi connectivity index (χ0) is 12.3. The number of ether oxygens (including phenoxy) is 1. The summed E-state index contributed by atoms with van der Waals surface area (Å²) in [6.07, 6.45) is 2.11. The minimum Gasteiger partial charge on any atom is -0.370 e. The van der Waals surface area contributed by atoms with E-state index < -0.39 is 0 Å². The molecule has 0 saturated heterocycles. The van der Waals surface area contributed by atoms with Crippen molar-refractivity contribution in [2.45, 2.75) is 32.3 Å². The highest BCUT2D eigenvalue weighted by molar-refractivity contribution is 5.85. The number of ketones is 1. The van der Waals surface area contributed by atoms with E-state index in [1.54, 1.807) is 12.1 Å². The van der Waals surface area contributed by atoms with Gasteiger partial charge < -0.3 is 4.74 Å². The Morgan fingerprint density at radius 3 is 2.88 bits per heavy atom. The van der Waals surface area contributed by atoms with Crippen LogP contribution >= 0.6 is 0 Å². The van der Waals surface area contributed by atoms with E-state index in [-0.39, 0.29) is 24.1 Å². The Hall–Kier alpha value is -1.22. The van der Waals surface area contributed by atoms with Crippen LogP contribution in [0.2, 0.25) is 0 Å². The summed E-state index contributed by atoms with van der Waals surface area (Å²) in [5, 5.41) is 0. The van der Waals surface area contributed by atoms with Crippen LogP contribution in [-0.2, 0) is 16.0 Å². The minimum absolute atomic E-state index is 0.0694. The van der Waals surface area contributed by atoms with Gasteiger partial charge in [-0.3, -0.25) is 4.79 Å². The normalized spacial score (nSPS) is 16.8. The van der Waals surface area contributed by atoms with Gasteiger partial charge in [0.2, 0.25) is 0 Å². The molecule has 1 fully saturated rings. The van der Waals surface area contributed by atoms with Crippen LogP contribution in [0.3, 0.4) is 0 Å². The molecule has 1 aromatic carbocycles. The van der Waals surface area contributed by atoms with E-state index in [9.17, 15) is 9.18 Å². The fraction of sp³-hybridized carbons (Fsp3) is 0.500. The van der Waals surface area contributed by atoms with Crippen LogP contribution in [0, 0.1) is 11.7 Å². The molecular weight excluding hydrogens is 219 g/mol. The van der Waals surface area contributed by atoms with Crippen LogP contribution in [0.25, 0.3) is 0 Å². The van der Waals surface area contributed by atoms with Gasteiger partial charge in [0, 0.05) is 13.0 Å². The van der Waals surface area contributed by atoms with Crippen molar-refractivity contribution in [2.24, 2.45) is 5.92 Å². The number of hydrogen-bond acceptors (Lipinski definition) is 2. The summed E-state index contributed by atoms with van der Waals surface area (Å²) >= 11 is 0. The van der Waals surface area contributed by atoms with Crippen molar-refractivity contribution in [3.8, 4) is 0 Å². The van der Waals surface area contributed by atoms with Crippen molar-refractivity contribution < 1.29 is 13.9 Å². The molecule has 1 atom stereocenters. The highest BCUT2D eigenvalue weighted by Gasteiger charge is 2.36. The number of halogens is 1. The quantitative estimate of drug-likeness (QED) is 0.759. The zero-order valence-corrected chi connectivity index (χ0v) is 9.99. The van der Waals surface area contributed by atoms with Gasteiger partial charge in [0.05, 0.1) is 0 Å². The summed E-state index contributed by atoms with van der Waals surface area (Å²) in [5.41, 5.74) is 0.723. The summed E-state index contributed by atoms with van der Waals surface area (Å²) < 4.78 is 18.5. The molecule has 1 saturated carbocycles. The molecule has 0 aromatic heterocycles. The predicted octanol–water partition coefficient (Wildman–Crippen LogP) is 2.75. The number of carbonyl (C=O) groups excluding carboxylic acids is 1. The third-order valence-corrected chi connectivity index (χ3v) is 2.98. The molecule has 0 bridgehead atoms. The van der Waals surface area contributed by atoms with Crippen molar-refractivity contribution in [1.82, 2.24) is 0 Å². The molecule has 1 unspecified atom stereocenters. The maximum Gasteiger partial charge on any atom is 0.166 e. The standard InChI is InChI=1S/C14H17FO2/c1-2-17-14(11-6-7-11)13(16)9-10-4-3-5-12(15)8-10/h3-5,8,11,14H,2,6-7,9H2,1H3. The van der Waals surface area contributed by atoms with Gasteiger partial charge in [-0.15, -0.1) is 0 Å². The molecule has 92 valence electrons. The zero-order valence-electron chi connectivity index (χ0n) is 9.99. The van der Waals surface area contributed by atoms with Crippen molar-refractivity contribution in [3.05, 3.63) is 35.6 Å². The van der Waals surface area contributed by atoms with Crippen LogP contribution in [0.15, 0.2) is 24.3 Å². The van der Waals surface area contributed by atoms with Gasteiger partial charge >= 0.3 is 0 Å². The smallest absolute Gasteiger partial charge is 0.166 e. The molecule has 1 aliphatic carbocycles. The molecular formula is C14H17FO2. The lowest BCUT2D eigenvalue weighted by Gasteiger charge is -2.14. The van der Waals surface area contributed by atoms with E-state index in [1.807, 2.05) is 6.92 Å². The SMILES string of the molecule is CCOC(C(=O)Cc1cccc(F)c1)C1CC1. The topological polar surface area (TPSA) is 26.3 Å². The molecule has 2 nitrogen and oxygen atoms in total. The van der Waals surface area contributed by atoms with Crippen LogP contribution in [0.1, 0.15) is 25.3 Å². The maximum atomic E-state index is 13.0. The summed E-state index contributed by atoms with van der Waals surface area (Å²) in [4.78, 5) is 12.0. The maximum absolute atomic E-state index is 13.0.